The van der Waals surface area contributed by atoms with E-state index in [4.69, 9.17) is 4.98 Å². The summed E-state index contributed by atoms with van der Waals surface area (Å²) in [7, 11) is 1.98. The van der Waals surface area contributed by atoms with Gasteiger partial charge in [-0.05, 0) is 42.8 Å². The Morgan fingerprint density at radius 1 is 1.16 bits per heavy atom. The number of anilines is 1. The molecule has 8 nitrogen and oxygen atoms in total. The van der Waals surface area contributed by atoms with Gasteiger partial charge in [-0.3, -0.25) is 9.78 Å². The van der Waals surface area contributed by atoms with E-state index in [1.807, 2.05) is 55.1 Å². The molecule has 0 aliphatic carbocycles. The van der Waals surface area contributed by atoms with Crippen LogP contribution in [0.4, 0.5) is 5.69 Å². The normalized spacial score (nSPS) is 11.2. The SMILES string of the molecule is Cc1cc(-n2ccnc2)cc2[nH]c(-c3c(N(C)CCc4ccccn4)cc[nH]c3=O)nc12. The summed E-state index contributed by atoms with van der Waals surface area (Å²) in [5.74, 6) is 0.549. The van der Waals surface area contributed by atoms with Crippen molar-refractivity contribution in [3.8, 4) is 17.1 Å². The van der Waals surface area contributed by atoms with E-state index in [1.54, 1.807) is 24.9 Å². The van der Waals surface area contributed by atoms with Crippen molar-refractivity contribution < 1.29 is 0 Å². The van der Waals surface area contributed by atoms with Crippen LogP contribution in [0.3, 0.4) is 0 Å². The second-order valence-electron chi connectivity index (χ2n) is 7.77. The number of aryl methyl sites for hydroxylation is 1. The van der Waals surface area contributed by atoms with Gasteiger partial charge in [0.1, 0.15) is 11.4 Å². The van der Waals surface area contributed by atoms with Crippen molar-refractivity contribution in [2.24, 2.45) is 0 Å². The smallest absolute Gasteiger partial charge is 0.261 e. The first kappa shape index (κ1) is 19.7. The molecule has 0 atom stereocenters. The summed E-state index contributed by atoms with van der Waals surface area (Å²) in [4.78, 5) is 34.4. The quantitative estimate of drug-likeness (QED) is 0.434. The fourth-order valence-corrected chi connectivity index (χ4v) is 3.91. The molecule has 0 fully saturated rings. The van der Waals surface area contributed by atoms with Crippen molar-refractivity contribution in [1.82, 2.24) is 29.5 Å². The molecule has 0 saturated carbocycles. The van der Waals surface area contributed by atoms with E-state index >= 15 is 0 Å². The molecule has 0 spiro atoms. The minimum atomic E-state index is -0.182. The largest absolute Gasteiger partial charge is 0.373 e. The minimum Gasteiger partial charge on any atom is -0.373 e. The molecule has 0 bridgehead atoms. The van der Waals surface area contributed by atoms with E-state index in [1.165, 1.54) is 0 Å². The molecule has 4 aromatic heterocycles. The van der Waals surface area contributed by atoms with E-state index in [0.717, 1.165) is 46.6 Å². The van der Waals surface area contributed by atoms with Crippen LogP contribution in [0.2, 0.25) is 0 Å². The Kier molecular flexibility index (Phi) is 5.03. The average molecular weight is 425 g/mol. The standard InChI is InChI=1S/C24H23N7O/c1-16-13-18(31-12-10-25-15-31)14-19-22(16)29-23(28-19)21-20(6-9-27-24(21)32)30(2)11-7-17-5-3-4-8-26-17/h3-6,8-10,12-15H,7,11H2,1-2H3,(H,27,32)(H,28,29). The highest BCUT2D eigenvalue weighted by Gasteiger charge is 2.18. The number of nitrogens with one attached hydrogen (secondary N) is 2. The summed E-state index contributed by atoms with van der Waals surface area (Å²) in [5.41, 5.74) is 5.88. The number of rotatable bonds is 6. The fourth-order valence-electron chi connectivity index (χ4n) is 3.91. The number of benzene rings is 1. The van der Waals surface area contributed by atoms with Gasteiger partial charge < -0.3 is 19.4 Å². The zero-order valence-corrected chi connectivity index (χ0v) is 17.9. The Morgan fingerprint density at radius 3 is 2.84 bits per heavy atom. The molecule has 32 heavy (non-hydrogen) atoms. The van der Waals surface area contributed by atoms with E-state index in [9.17, 15) is 4.79 Å². The monoisotopic (exact) mass is 425 g/mol. The summed E-state index contributed by atoms with van der Waals surface area (Å²) in [6.07, 6.45) is 9.64. The highest BCUT2D eigenvalue weighted by molar-refractivity contribution is 5.86. The van der Waals surface area contributed by atoms with Gasteiger partial charge in [-0.15, -0.1) is 0 Å². The number of imidazole rings is 2. The molecule has 4 heterocycles. The average Bonchev–Trinajstić information content (AvgIpc) is 3.48. The number of aromatic nitrogens is 6. The first-order valence-electron chi connectivity index (χ1n) is 10.4. The molecule has 2 N–H and O–H groups in total. The summed E-state index contributed by atoms with van der Waals surface area (Å²) < 4.78 is 1.94. The molecule has 160 valence electrons. The Bertz CT molecular complexity index is 1420. The number of nitrogens with zero attached hydrogens (tertiary/aromatic N) is 5. The van der Waals surface area contributed by atoms with Gasteiger partial charge in [-0.1, -0.05) is 6.07 Å². The lowest BCUT2D eigenvalue weighted by atomic mass is 10.2. The van der Waals surface area contributed by atoms with Crippen LogP contribution in [-0.2, 0) is 6.42 Å². The Balaban J connectivity index is 1.53. The van der Waals surface area contributed by atoms with Crippen LogP contribution in [0, 0.1) is 6.92 Å². The van der Waals surface area contributed by atoms with E-state index < -0.39 is 0 Å². The molecule has 5 aromatic rings. The Morgan fingerprint density at radius 2 is 2.06 bits per heavy atom. The van der Waals surface area contributed by atoms with E-state index in [2.05, 4.69) is 30.9 Å². The van der Waals surface area contributed by atoms with Gasteiger partial charge in [0.2, 0.25) is 0 Å². The third kappa shape index (κ3) is 3.66. The topological polar surface area (TPSA) is 95.5 Å². The second kappa shape index (κ2) is 8.14. The Labute approximate surface area is 184 Å². The van der Waals surface area contributed by atoms with Crippen molar-refractivity contribution in [3.63, 3.8) is 0 Å². The van der Waals surface area contributed by atoms with Gasteiger partial charge in [-0.2, -0.15) is 0 Å². The van der Waals surface area contributed by atoms with Gasteiger partial charge >= 0.3 is 0 Å². The van der Waals surface area contributed by atoms with Crippen LogP contribution in [0.1, 0.15) is 11.3 Å². The van der Waals surface area contributed by atoms with Crippen LogP contribution in [-0.4, -0.2) is 43.1 Å². The van der Waals surface area contributed by atoms with Crippen molar-refractivity contribution >= 4 is 16.7 Å². The number of likely N-dealkylation sites (N-methyl/N-ethyl adjacent to an activating group) is 1. The predicted octanol–water partition coefficient (Wildman–Crippen LogP) is 3.49. The lowest BCUT2D eigenvalue weighted by molar-refractivity contribution is 0.851. The molecule has 5 rings (SSSR count). The van der Waals surface area contributed by atoms with Gasteiger partial charge in [0.05, 0.1) is 23.0 Å². The van der Waals surface area contributed by atoms with Crippen LogP contribution < -0.4 is 10.5 Å². The second-order valence-corrected chi connectivity index (χ2v) is 7.77. The highest BCUT2D eigenvalue weighted by Crippen LogP contribution is 2.29. The van der Waals surface area contributed by atoms with Crippen molar-refractivity contribution in [1.29, 1.82) is 0 Å². The van der Waals surface area contributed by atoms with Gasteiger partial charge in [-0.25, -0.2) is 9.97 Å². The van der Waals surface area contributed by atoms with Crippen molar-refractivity contribution in [3.05, 3.63) is 89.1 Å². The van der Waals surface area contributed by atoms with E-state index in [-0.39, 0.29) is 5.56 Å². The third-order valence-corrected chi connectivity index (χ3v) is 5.58. The van der Waals surface area contributed by atoms with Crippen LogP contribution in [0.15, 0.2) is 72.3 Å². The third-order valence-electron chi connectivity index (χ3n) is 5.58. The molecule has 8 heteroatoms. The van der Waals surface area contributed by atoms with Crippen LogP contribution >= 0.6 is 0 Å². The maximum atomic E-state index is 12.9. The maximum Gasteiger partial charge on any atom is 0.261 e. The lowest BCUT2D eigenvalue weighted by Gasteiger charge is -2.21. The molecule has 0 unspecified atom stereocenters. The number of hydrogen-bond acceptors (Lipinski definition) is 5. The van der Waals surface area contributed by atoms with E-state index in [0.29, 0.717) is 11.4 Å². The van der Waals surface area contributed by atoms with Gasteiger partial charge in [0.25, 0.3) is 5.56 Å². The zero-order chi connectivity index (χ0) is 22.1. The number of fused-ring (bicyclic) bond motifs is 1. The fraction of sp³-hybridized carbons (Fsp3) is 0.167. The molecule has 0 saturated heterocycles. The van der Waals surface area contributed by atoms with Gasteiger partial charge in [0.15, 0.2) is 0 Å². The first-order chi connectivity index (χ1) is 15.6. The summed E-state index contributed by atoms with van der Waals surface area (Å²) in [5, 5.41) is 0. The summed E-state index contributed by atoms with van der Waals surface area (Å²) in [6.45, 7) is 2.74. The lowest BCUT2D eigenvalue weighted by Crippen LogP contribution is -2.24. The zero-order valence-electron chi connectivity index (χ0n) is 17.9. The van der Waals surface area contributed by atoms with Crippen LogP contribution in [0.5, 0.6) is 0 Å². The molecule has 0 radical (unpaired) electrons. The highest BCUT2D eigenvalue weighted by atomic mass is 16.1. The number of hydrogen-bond donors (Lipinski definition) is 2. The molecule has 0 amide bonds. The van der Waals surface area contributed by atoms with Crippen molar-refractivity contribution in [2.45, 2.75) is 13.3 Å². The summed E-state index contributed by atoms with van der Waals surface area (Å²) in [6, 6.07) is 11.9. The maximum absolute atomic E-state index is 12.9. The minimum absolute atomic E-state index is 0.182. The number of aromatic amines is 2. The predicted molar refractivity (Wildman–Crippen MR) is 125 cm³/mol. The molecule has 0 aliphatic rings. The number of pyridine rings is 2. The number of H-pyrrole nitrogens is 2. The molecular weight excluding hydrogens is 402 g/mol. The Hall–Kier alpha value is -4.20. The van der Waals surface area contributed by atoms with Crippen LogP contribution in [0.25, 0.3) is 28.1 Å². The first-order valence-corrected chi connectivity index (χ1v) is 10.4. The molecule has 1 aromatic carbocycles. The summed E-state index contributed by atoms with van der Waals surface area (Å²) >= 11 is 0. The van der Waals surface area contributed by atoms with Crippen molar-refractivity contribution in [2.75, 3.05) is 18.5 Å². The molecule has 0 aliphatic heterocycles. The van der Waals surface area contributed by atoms with Gasteiger partial charge in [0, 0.05) is 56.2 Å². The molecular formula is C24H23N7O.